The number of nitrogens with zero attached hydrogens (tertiary/aromatic N) is 3. The van der Waals surface area contributed by atoms with Crippen LogP contribution in [-0.4, -0.2) is 27.2 Å². The third-order valence-corrected chi connectivity index (χ3v) is 2.53. The molecule has 2 N–H and O–H groups in total. The third-order valence-electron chi connectivity index (χ3n) is 1.65. The highest BCUT2D eigenvalue weighted by Crippen LogP contribution is 2.24. The van der Waals surface area contributed by atoms with E-state index in [0.29, 0.717) is 11.0 Å². The molecule has 1 amide bonds. The van der Waals surface area contributed by atoms with Crippen LogP contribution in [0.1, 0.15) is 13.8 Å². The van der Waals surface area contributed by atoms with Crippen molar-refractivity contribution in [2.24, 2.45) is 5.73 Å². The van der Waals surface area contributed by atoms with Crippen molar-refractivity contribution in [3.63, 3.8) is 0 Å². The maximum atomic E-state index is 10.8. The van der Waals surface area contributed by atoms with E-state index in [4.69, 9.17) is 17.3 Å². The summed E-state index contributed by atoms with van der Waals surface area (Å²) in [5.41, 5.74) is 5.12. The standard InChI is InChI=1S/C7H11ClN4OS/c1-4(2)12(3-5(9)13)7-6(8)10-14-11-7/h4H,3H2,1-2H3,(H2,9,13). The fourth-order valence-electron chi connectivity index (χ4n) is 1.01. The first-order valence-corrected chi connectivity index (χ1v) is 5.16. The lowest BCUT2D eigenvalue weighted by atomic mass is 10.3. The summed E-state index contributed by atoms with van der Waals surface area (Å²) < 4.78 is 7.84. The van der Waals surface area contributed by atoms with Gasteiger partial charge in [0, 0.05) is 6.04 Å². The van der Waals surface area contributed by atoms with Gasteiger partial charge in [-0.05, 0) is 13.8 Å². The second kappa shape index (κ2) is 4.56. The highest BCUT2D eigenvalue weighted by Gasteiger charge is 2.19. The third kappa shape index (κ3) is 2.55. The van der Waals surface area contributed by atoms with E-state index in [0.717, 1.165) is 11.7 Å². The van der Waals surface area contributed by atoms with Crippen LogP contribution < -0.4 is 10.6 Å². The van der Waals surface area contributed by atoms with Crippen LogP contribution in [-0.2, 0) is 4.79 Å². The molecule has 0 aliphatic carbocycles. The van der Waals surface area contributed by atoms with Crippen LogP contribution in [0.2, 0.25) is 5.15 Å². The Morgan fingerprint density at radius 3 is 2.64 bits per heavy atom. The van der Waals surface area contributed by atoms with Gasteiger partial charge in [0.05, 0.1) is 18.3 Å². The number of carbonyl (C=O) groups excluding carboxylic acids is 1. The zero-order chi connectivity index (χ0) is 10.7. The quantitative estimate of drug-likeness (QED) is 0.840. The Morgan fingerprint density at radius 2 is 2.29 bits per heavy atom. The van der Waals surface area contributed by atoms with Crippen molar-refractivity contribution in [3.05, 3.63) is 5.15 Å². The van der Waals surface area contributed by atoms with Gasteiger partial charge in [0.2, 0.25) is 5.91 Å². The normalized spacial score (nSPS) is 10.6. The van der Waals surface area contributed by atoms with Crippen molar-refractivity contribution in [3.8, 4) is 0 Å². The molecule has 0 atom stereocenters. The van der Waals surface area contributed by atoms with E-state index in [1.165, 1.54) is 0 Å². The lowest BCUT2D eigenvalue weighted by Gasteiger charge is -2.24. The Kier molecular flexibility index (Phi) is 3.65. The van der Waals surface area contributed by atoms with Crippen molar-refractivity contribution < 1.29 is 4.79 Å². The molecule has 0 aliphatic heterocycles. The molecule has 1 aromatic heterocycles. The number of rotatable bonds is 4. The van der Waals surface area contributed by atoms with Crippen molar-refractivity contribution in [1.82, 2.24) is 8.75 Å². The molecule has 78 valence electrons. The smallest absolute Gasteiger partial charge is 0.237 e. The van der Waals surface area contributed by atoms with E-state index in [-0.39, 0.29) is 12.6 Å². The Bertz CT molecular complexity index is 327. The van der Waals surface area contributed by atoms with Gasteiger partial charge in [-0.25, -0.2) is 0 Å². The minimum atomic E-state index is -0.414. The summed E-state index contributed by atoms with van der Waals surface area (Å²) in [6.45, 7) is 3.96. The van der Waals surface area contributed by atoms with Crippen molar-refractivity contribution in [2.75, 3.05) is 11.4 Å². The molecule has 0 spiro atoms. The number of hydrogen-bond donors (Lipinski definition) is 1. The van der Waals surface area contributed by atoms with E-state index in [1.54, 1.807) is 4.90 Å². The summed E-state index contributed by atoms with van der Waals surface area (Å²) in [5.74, 6) is 0.105. The summed E-state index contributed by atoms with van der Waals surface area (Å²) in [6, 6.07) is 0.101. The molecule has 0 saturated heterocycles. The number of primary amides is 1. The maximum Gasteiger partial charge on any atom is 0.237 e. The number of carbonyl (C=O) groups is 1. The van der Waals surface area contributed by atoms with E-state index in [1.807, 2.05) is 13.8 Å². The molecule has 0 aromatic carbocycles. The van der Waals surface area contributed by atoms with Crippen molar-refractivity contribution >= 4 is 35.1 Å². The van der Waals surface area contributed by atoms with Crippen LogP contribution in [0, 0.1) is 0 Å². The number of amides is 1. The molecular weight excluding hydrogens is 224 g/mol. The molecule has 1 heterocycles. The lowest BCUT2D eigenvalue weighted by molar-refractivity contribution is -0.116. The van der Waals surface area contributed by atoms with Crippen LogP contribution >= 0.6 is 23.3 Å². The van der Waals surface area contributed by atoms with Gasteiger partial charge in [0.1, 0.15) is 0 Å². The molecule has 5 nitrogen and oxygen atoms in total. The summed E-state index contributed by atoms with van der Waals surface area (Å²) in [5, 5.41) is 0.310. The molecular formula is C7H11ClN4OS. The highest BCUT2D eigenvalue weighted by atomic mass is 35.5. The maximum absolute atomic E-state index is 10.8. The molecule has 1 aromatic rings. The first-order chi connectivity index (χ1) is 6.52. The van der Waals surface area contributed by atoms with E-state index in [9.17, 15) is 4.79 Å². The molecule has 0 radical (unpaired) electrons. The zero-order valence-corrected chi connectivity index (χ0v) is 9.47. The predicted molar refractivity (Wildman–Crippen MR) is 56.6 cm³/mol. The Hall–Kier alpha value is -0.880. The Morgan fingerprint density at radius 1 is 1.64 bits per heavy atom. The Labute approximate surface area is 91.2 Å². The van der Waals surface area contributed by atoms with Gasteiger partial charge in [-0.2, -0.15) is 8.75 Å². The second-order valence-electron chi connectivity index (χ2n) is 3.07. The summed E-state index contributed by atoms with van der Waals surface area (Å²) in [4.78, 5) is 12.5. The number of nitrogens with two attached hydrogens (primary N) is 1. The minimum Gasteiger partial charge on any atom is -0.368 e. The number of halogens is 1. The summed E-state index contributed by atoms with van der Waals surface area (Å²) in [7, 11) is 0. The van der Waals surface area contributed by atoms with Crippen LogP contribution in [0.3, 0.4) is 0 Å². The van der Waals surface area contributed by atoms with Crippen LogP contribution in [0.4, 0.5) is 5.82 Å². The Balaban J connectivity index is 2.88. The van der Waals surface area contributed by atoms with Gasteiger partial charge in [0.25, 0.3) is 0 Å². The van der Waals surface area contributed by atoms with Gasteiger partial charge < -0.3 is 10.6 Å². The first kappa shape index (κ1) is 11.2. The average Bonchev–Trinajstić information content (AvgIpc) is 2.46. The van der Waals surface area contributed by atoms with Gasteiger partial charge in [-0.15, -0.1) is 0 Å². The van der Waals surface area contributed by atoms with Crippen LogP contribution in [0.25, 0.3) is 0 Å². The predicted octanol–water partition coefficient (Wildman–Crippen LogP) is 0.892. The zero-order valence-electron chi connectivity index (χ0n) is 7.90. The summed E-state index contributed by atoms with van der Waals surface area (Å²) >= 11 is 6.82. The fraction of sp³-hybridized carbons (Fsp3) is 0.571. The minimum absolute atomic E-state index is 0.1000. The topological polar surface area (TPSA) is 72.1 Å². The van der Waals surface area contributed by atoms with E-state index in [2.05, 4.69) is 8.75 Å². The molecule has 7 heteroatoms. The number of aromatic nitrogens is 2. The van der Waals surface area contributed by atoms with E-state index >= 15 is 0 Å². The molecule has 0 unspecified atom stereocenters. The monoisotopic (exact) mass is 234 g/mol. The molecule has 0 bridgehead atoms. The van der Waals surface area contributed by atoms with Gasteiger partial charge in [-0.3, -0.25) is 4.79 Å². The molecule has 14 heavy (non-hydrogen) atoms. The second-order valence-corrected chi connectivity index (χ2v) is 3.95. The average molecular weight is 235 g/mol. The van der Waals surface area contributed by atoms with Gasteiger partial charge >= 0.3 is 0 Å². The highest BCUT2D eigenvalue weighted by molar-refractivity contribution is 6.99. The SMILES string of the molecule is CC(C)N(CC(N)=O)c1nsnc1Cl. The van der Waals surface area contributed by atoms with Crippen LogP contribution in [0.5, 0.6) is 0 Å². The van der Waals surface area contributed by atoms with Gasteiger partial charge in [0.15, 0.2) is 11.0 Å². The number of anilines is 1. The largest absolute Gasteiger partial charge is 0.368 e. The first-order valence-electron chi connectivity index (χ1n) is 4.05. The fourth-order valence-corrected chi connectivity index (χ4v) is 1.77. The molecule has 0 saturated carbocycles. The van der Waals surface area contributed by atoms with Crippen molar-refractivity contribution in [1.29, 1.82) is 0 Å². The van der Waals surface area contributed by atoms with E-state index < -0.39 is 5.91 Å². The summed E-state index contributed by atoms with van der Waals surface area (Å²) in [6.07, 6.45) is 0. The van der Waals surface area contributed by atoms with Crippen LogP contribution in [0.15, 0.2) is 0 Å². The number of hydrogen-bond acceptors (Lipinski definition) is 5. The van der Waals surface area contributed by atoms with Crippen molar-refractivity contribution in [2.45, 2.75) is 19.9 Å². The van der Waals surface area contributed by atoms with Gasteiger partial charge in [-0.1, -0.05) is 11.6 Å². The molecule has 0 fully saturated rings. The lowest BCUT2D eigenvalue weighted by Crippen LogP contribution is -2.38. The molecule has 1 rings (SSSR count). The molecule has 0 aliphatic rings.